The third kappa shape index (κ3) is 3.41. The smallest absolute Gasteiger partial charge is 0.207 e. The van der Waals surface area contributed by atoms with Crippen molar-refractivity contribution in [2.45, 2.75) is 17.9 Å². The van der Waals surface area contributed by atoms with Gasteiger partial charge in [-0.25, -0.2) is 8.42 Å². The molecule has 0 saturated carbocycles. The number of halogens is 4. The predicted molar refractivity (Wildman–Crippen MR) is 82.4 cm³/mol. The van der Waals surface area contributed by atoms with Crippen LogP contribution in [0.2, 0.25) is 10.0 Å². The zero-order valence-corrected chi connectivity index (χ0v) is 15.1. The van der Waals surface area contributed by atoms with Crippen LogP contribution >= 0.6 is 55.1 Å². The van der Waals surface area contributed by atoms with Gasteiger partial charge < -0.3 is 0 Å². The van der Waals surface area contributed by atoms with Crippen LogP contribution in [0.4, 0.5) is 0 Å². The minimum atomic E-state index is -3.71. The summed E-state index contributed by atoms with van der Waals surface area (Å²) in [5.41, 5.74) is 0. The van der Waals surface area contributed by atoms with Crippen LogP contribution in [0.1, 0.15) is 6.92 Å². The van der Waals surface area contributed by atoms with Crippen LogP contribution in [0, 0.1) is 0 Å². The molecule has 18 heavy (non-hydrogen) atoms. The van der Waals surface area contributed by atoms with Gasteiger partial charge in [0, 0.05) is 22.9 Å². The molecular weight excluding hydrogens is 429 g/mol. The van der Waals surface area contributed by atoms with Gasteiger partial charge in [0.15, 0.2) is 0 Å². The molecule has 1 aromatic carbocycles. The zero-order chi connectivity index (χ0) is 14.1. The number of rotatable bonds is 4. The van der Waals surface area contributed by atoms with Gasteiger partial charge in [-0.2, -0.15) is 4.31 Å². The van der Waals surface area contributed by atoms with Crippen LogP contribution < -0.4 is 0 Å². The second-order valence-corrected chi connectivity index (χ2v) is 8.04. The highest BCUT2D eigenvalue weighted by Gasteiger charge is 2.29. The fourth-order valence-electron chi connectivity index (χ4n) is 1.25. The first-order valence-electron chi connectivity index (χ1n) is 4.90. The number of alkyl halides is 1. The molecule has 0 saturated heterocycles. The van der Waals surface area contributed by atoms with Crippen molar-refractivity contribution in [3.05, 3.63) is 26.7 Å². The van der Waals surface area contributed by atoms with Crippen LogP contribution in [0.5, 0.6) is 0 Å². The summed E-state index contributed by atoms with van der Waals surface area (Å²) in [7, 11) is -2.21. The van der Waals surface area contributed by atoms with Crippen molar-refractivity contribution >= 4 is 65.1 Å². The minimum Gasteiger partial charge on any atom is -0.207 e. The van der Waals surface area contributed by atoms with Gasteiger partial charge in [-0.1, -0.05) is 55.1 Å². The van der Waals surface area contributed by atoms with Crippen molar-refractivity contribution in [1.29, 1.82) is 0 Å². The Balaban J connectivity index is 3.38. The van der Waals surface area contributed by atoms with E-state index in [0.29, 0.717) is 9.80 Å². The Morgan fingerprint density at radius 3 is 2.17 bits per heavy atom. The lowest BCUT2D eigenvalue weighted by molar-refractivity contribution is 0.416. The zero-order valence-electron chi connectivity index (χ0n) is 9.62. The monoisotopic (exact) mass is 437 g/mol. The summed E-state index contributed by atoms with van der Waals surface area (Å²) < 4.78 is 26.7. The fraction of sp³-hybridized carbons (Fsp3) is 0.400. The first-order chi connectivity index (χ1) is 8.21. The summed E-state index contributed by atoms with van der Waals surface area (Å²) in [6.45, 7) is 1.78. The Morgan fingerprint density at radius 1 is 1.33 bits per heavy atom. The van der Waals surface area contributed by atoms with Gasteiger partial charge in [-0.15, -0.1) is 0 Å². The molecular formula is C10H11Br2Cl2NO2S. The molecule has 0 spiro atoms. The van der Waals surface area contributed by atoms with Crippen molar-refractivity contribution in [2.24, 2.45) is 0 Å². The molecule has 0 bridgehead atoms. The Kier molecular flexibility index (Phi) is 5.96. The first-order valence-corrected chi connectivity index (χ1v) is 9.01. The number of nitrogens with zero attached hydrogens (tertiary/aromatic N) is 1. The maximum Gasteiger partial charge on any atom is 0.246 e. The number of hydrogen-bond donors (Lipinski definition) is 0. The van der Waals surface area contributed by atoms with Crippen molar-refractivity contribution in [3.63, 3.8) is 0 Å². The van der Waals surface area contributed by atoms with Crippen molar-refractivity contribution in [3.8, 4) is 0 Å². The highest BCUT2D eigenvalue weighted by molar-refractivity contribution is 9.10. The molecule has 1 unspecified atom stereocenters. The molecule has 3 nitrogen and oxygen atoms in total. The summed E-state index contributed by atoms with van der Waals surface area (Å²) in [5, 5.41) is 0.722. The summed E-state index contributed by atoms with van der Waals surface area (Å²) >= 11 is 18.4. The molecule has 0 N–H and O–H groups in total. The van der Waals surface area contributed by atoms with E-state index in [9.17, 15) is 8.42 Å². The number of benzene rings is 1. The van der Waals surface area contributed by atoms with Gasteiger partial charge in [0.1, 0.15) is 4.90 Å². The van der Waals surface area contributed by atoms with Crippen molar-refractivity contribution in [2.75, 3.05) is 12.4 Å². The summed E-state index contributed by atoms with van der Waals surface area (Å²) in [6, 6.07) is 2.81. The molecule has 1 rings (SSSR count). The lowest BCUT2D eigenvalue weighted by Gasteiger charge is -2.23. The molecule has 1 atom stereocenters. The van der Waals surface area contributed by atoms with Crippen LogP contribution in [0.3, 0.4) is 0 Å². The molecule has 0 aromatic heterocycles. The van der Waals surface area contributed by atoms with E-state index in [2.05, 4.69) is 31.9 Å². The standard InChI is InChI=1S/C10H11Br2Cl2NO2S/c1-6(5-11)15(2)18(16,17)10-8(13)3-7(12)4-9(10)14/h3-4,6H,5H2,1-2H3. The third-order valence-corrected chi connectivity index (χ3v) is 6.73. The van der Waals surface area contributed by atoms with Gasteiger partial charge in [-0.05, 0) is 19.1 Å². The van der Waals surface area contributed by atoms with Crippen LogP contribution in [-0.4, -0.2) is 31.1 Å². The van der Waals surface area contributed by atoms with Crippen LogP contribution in [0.25, 0.3) is 0 Å². The predicted octanol–water partition coefficient (Wildman–Crippen LogP) is 4.16. The second-order valence-electron chi connectivity index (χ2n) is 3.72. The Morgan fingerprint density at radius 2 is 1.78 bits per heavy atom. The van der Waals surface area contributed by atoms with Gasteiger partial charge >= 0.3 is 0 Å². The molecule has 0 amide bonds. The SMILES string of the molecule is CC(CBr)N(C)S(=O)(=O)c1c(Cl)cc(Br)cc1Cl. The largest absolute Gasteiger partial charge is 0.246 e. The van der Waals surface area contributed by atoms with E-state index in [1.165, 1.54) is 23.5 Å². The maximum absolute atomic E-state index is 12.4. The quantitative estimate of drug-likeness (QED) is 0.660. The Hall–Kier alpha value is 0.670. The number of sulfonamides is 1. The average molecular weight is 440 g/mol. The topological polar surface area (TPSA) is 37.4 Å². The Bertz CT molecular complexity index is 528. The summed E-state index contributed by atoms with van der Waals surface area (Å²) in [5.74, 6) is 0. The van der Waals surface area contributed by atoms with Gasteiger partial charge in [0.25, 0.3) is 0 Å². The van der Waals surface area contributed by atoms with E-state index < -0.39 is 10.0 Å². The van der Waals surface area contributed by atoms with Crippen molar-refractivity contribution in [1.82, 2.24) is 4.31 Å². The molecule has 8 heteroatoms. The molecule has 0 fully saturated rings. The first kappa shape index (κ1) is 16.7. The maximum atomic E-state index is 12.4. The normalized spacial score (nSPS) is 13.9. The molecule has 102 valence electrons. The molecule has 0 aliphatic rings. The van der Waals surface area contributed by atoms with Gasteiger partial charge in [0.05, 0.1) is 10.0 Å². The third-order valence-electron chi connectivity index (χ3n) is 2.44. The van der Waals surface area contributed by atoms with Crippen molar-refractivity contribution < 1.29 is 8.42 Å². The molecule has 0 aliphatic carbocycles. The molecule has 1 aromatic rings. The molecule has 0 heterocycles. The fourth-order valence-corrected chi connectivity index (χ4v) is 5.12. The van der Waals surface area contributed by atoms with E-state index in [-0.39, 0.29) is 21.0 Å². The van der Waals surface area contributed by atoms with Crippen LogP contribution in [-0.2, 0) is 10.0 Å². The van der Waals surface area contributed by atoms with E-state index in [4.69, 9.17) is 23.2 Å². The summed E-state index contributed by atoms with van der Waals surface area (Å²) in [4.78, 5) is -0.0654. The minimum absolute atomic E-state index is 0.0654. The summed E-state index contributed by atoms with van der Waals surface area (Å²) in [6.07, 6.45) is 0. The Labute approximate surface area is 134 Å². The van der Waals surface area contributed by atoms with Crippen LogP contribution in [0.15, 0.2) is 21.5 Å². The number of hydrogen-bond acceptors (Lipinski definition) is 2. The molecule has 0 radical (unpaired) electrons. The highest BCUT2D eigenvalue weighted by Crippen LogP contribution is 2.34. The van der Waals surface area contributed by atoms with Gasteiger partial charge in [0.2, 0.25) is 10.0 Å². The lowest BCUT2D eigenvalue weighted by atomic mass is 10.4. The lowest BCUT2D eigenvalue weighted by Crippen LogP contribution is -2.36. The molecule has 0 aliphatic heterocycles. The second kappa shape index (κ2) is 6.41. The van der Waals surface area contributed by atoms with E-state index in [1.807, 2.05) is 0 Å². The van der Waals surface area contributed by atoms with Gasteiger partial charge in [-0.3, -0.25) is 0 Å². The van der Waals surface area contributed by atoms with E-state index in [0.717, 1.165) is 0 Å². The average Bonchev–Trinajstić information content (AvgIpc) is 2.24. The van der Waals surface area contributed by atoms with E-state index in [1.54, 1.807) is 6.92 Å². The van der Waals surface area contributed by atoms with E-state index >= 15 is 0 Å². The highest BCUT2D eigenvalue weighted by atomic mass is 79.9.